The highest BCUT2D eigenvalue weighted by Crippen LogP contribution is 2.10. The predicted molar refractivity (Wildman–Crippen MR) is 75.8 cm³/mol. The van der Waals surface area contributed by atoms with Crippen molar-refractivity contribution in [3.05, 3.63) is 64.7 Å². The van der Waals surface area contributed by atoms with Crippen LogP contribution in [0.4, 0.5) is 0 Å². The number of hydrogen-bond acceptors (Lipinski definition) is 6. The average molecular weight is 297 g/mol. The van der Waals surface area contributed by atoms with Gasteiger partial charge in [0.15, 0.2) is 0 Å². The zero-order chi connectivity index (χ0) is 15.4. The van der Waals surface area contributed by atoms with E-state index in [1.165, 1.54) is 12.4 Å². The maximum atomic E-state index is 11.9. The average Bonchev–Trinajstić information content (AvgIpc) is 3.02. The minimum absolute atomic E-state index is 0.0610. The fourth-order valence-electron chi connectivity index (χ4n) is 1.79. The van der Waals surface area contributed by atoms with Gasteiger partial charge >= 0.3 is 0 Å². The molecule has 0 atom stereocenters. The molecule has 0 aliphatic heterocycles. The fourth-order valence-corrected chi connectivity index (χ4v) is 1.79. The third-order valence-corrected chi connectivity index (χ3v) is 2.85. The van der Waals surface area contributed by atoms with E-state index >= 15 is 0 Å². The molecular weight excluding hydrogens is 286 g/mol. The van der Waals surface area contributed by atoms with Gasteiger partial charge in [-0.2, -0.15) is 4.98 Å². The van der Waals surface area contributed by atoms with Crippen LogP contribution in [0.1, 0.15) is 16.2 Å². The number of amides is 1. The maximum absolute atomic E-state index is 11.9. The number of carbonyl (C=O) groups is 1. The Morgan fingerprint density at radius 1 is 1.32 bits per heavy atom. The van der Waals surface area contributed by atoms with Crippen LogP contribution in [0.25, 0.3) is 11.4 Å². The largest absolute Gasteiger partial charge is 0.343 e. The molecule has 0 aromatic carbocycles. The fraction of sp³-hybridized carbons (Fsp3) is 0.0714. The summed E-state index contributed by atoms with van der Waals surface area (Å²) in [7, 11) is 0. The van der Waals surface area contributed by atoms with Crippen LogP contribution in [-0.2, 0) is 6.54 Å². The number of hydrogen-bond donors (Lipinski definition) is 2. The quantitative estimate of drug-likeness (QED) is 0.734. The van der Waals surface area contributed by atoms with Crippen molar-refractivity contribution in [3.63, 3.8) is 0 Å². The van der Waals surface area contributed by atoms with Crippen molar-refractivity contribution < 1.29 is 9.32 Å². The molecule has 110 valence electrons. The van der Waals surface area contributed by atoms with Gasteiger partial charge in [0.1, 0.15) is 0 Å². The molecule has 0 spiro atoms. The Bertz CT molecular complexity index is 841. The number of rotatable bonds is 4. The molecule has 0 unspecified atom stereocenters. The van der Waals surface area contributed by atoms with Gasteiger partial charge < -0.3 is 14.8 Å². The second-order valence-corrected chi connectivity index (χ2v) is 4.35. The van der Waals surface area contributed by atoms with E-state index in [0.29, 0.717) is 11.1 Å². The molecule has 3 heterocycles. The number of nitrogens with one attached hydrogen (secondary N) is 2. The molecular formula is C14H11N5O3. The predicted octanol–water partition coefficient (Wildman–Crippen LogP) is 0.750. The van der Waals surface area contributed by atoms with Gasteiger partial charge in [0.2, 0.25) is 11.7 Å². The molecule has 0 saturated heterocycles. The molecule has 3 rings (SSSR count). The highest BCUT2D eigenvalue weighted by molar-refractivity contribution is 5.93. The molecule has 3 aromatic heterocycles. The van der Waals surface area contributed by atoms with Crippen molar-refractivity contribution in [2.75, 3.05) is 0 Å². The Morgan fingerprint density at radius 2 is 2.23 bits per heavy atom. The van der Waals surface area contributed by atoms with Crippen molar-refractivity contribution in [1.82, 2.24) is 25.4 Å². The molecule has 2 N–H and O–H groups in total. The summed E-state index contributed by atoms with van der Waals surface area (Å²) in [5, 5.41) is 6.36. The van der Waals surface area contributed by atoms with Crippen LogP contribution < -0.4 is 10.9 Å². The second-order valence-electron chi connectivity index (χ2n) is 4.35. The van der Waals surface area contributed by atoms with Crippen molar-refractivity contribution in [1.29, 1.82) is 0 Å². The summed E-state index contributed by atoms with van der Waals surface area (Å²) in [6, 6.07) is 6.56. The van der Waals surface area contributed by atoms with E-state index in [9.17, 15) is 9.59 Å². The van der Waals surface area contributed by atoms with E-state index < -0.39 is 0 Å². The van der Waals surface area contributed by atoms with E-state index in [1.807, 2.05) is 0 Å². The Morgan fingerprint density at radius 3 is 3.00 bits per heavy atom. The Kier molecular flexibility index (Phi) is 3.73. The minimum atomic E-state index is -0.311. The lowest BCUT2D eigenvalue weighted by molar-refractivity contribution is 0.0946. The Hall–Kier alpha value is -3.29. The van der Waals surface area contributed by atoms with Gasteiger partial charge in [0.25, 0.3) is 11.5 Å². The number of H-pyrrole nitrogens is 1. The summed E-state index contributed by atoms with van der Waals surface area (Å²) in [6.07, 6.45) is 4.55. The van der Waals surface area contributed by atoms with Gasteiger partial charge in [-0.05, 0) is 24.3 Å². The van der Waals surface area contributed by atoms with Crippen LogP contribution in [0.5, 0.6) is 0 Å². The first-order valence-corrected chi connectivity index (χ1v) is 6.43. The number of carbonyl (C=O) groups excluding carboxylic acids is 1. The van der Waals surface area contributed by atoms with E-state index in [2.05, 4.69) is 25.4 Å². The van der Waals surface area contributed by atoms with Crippen LogP contribution in [0.15, 0.2) is 52.2 Å². The summed E-state index contributed by atoms with van der Waals surface area (Å²) in [5.41, 5.74) is 0.423. The third-order valence-electron chi connectivity index (χ3n) is 2.85. The minimum Gasteiger partial charge on any atom is -0.343 e. The van der Waals surface area contributed by atoms with E-state index in [4.69, 9.17) is 4.52 Å². The standard InChI is InChI=1S/C14H11N5O3/c20-13(9-3-1-5-15-7-9)17-8-11-18-12(19-22-11)10-4-2-6-16-14(10)21/h1-7H,8H2,(H,16,21)(H,17,20). The number of aromatic nitrogens is 4. The smallest absolute Gasteiger partial charge is 0.259 e. The first kappa shape index (κ1) is 13.7. The van der Waals surface area contributed by atoms with E-state index in [-0.39, 0.29) is 29.7 Å². The molecule has 0 fully saturated rings. The highest BCUT2D eigenvalue weighted by Gasteiger charge is 2.12. The van der Waals surface area contributed by atoms with Crippen molar-refractivity contribution in [3.8, 4) is 11.4 Å². The third kappa shape index (κ3) is 2.90. The number of aromatic amines is 1. The number of nitrogens with zero attached hydrogens (tertiary/aromatic N) is 3. The lowest BCUT2D eigenvalue weighted by atomic mass is 10.2. The summed E-state index contributed by atoms with van der Waals surface area (Å²) < 4.78 is 5.02. The molecule has 0 saturated carbocycles. The van der Waals surface area contributed by atoms with Crippen LogP contribution in [0, 0.1) is 0 Å². The molecule has 22 heavy (non-hydrogen) atoms. The highest BCUT2D eigenvalue weighted by atomic mass is 16.5. The van der Waals surface area contributed by atoms with Gasteiger partial charge in [0, 0.05) is 18.6 Å². The van der Waals surface area contributed by atoms with Gasteiger partial charge in [-0.1, -0.05) is 5.16 Å². The Labute approximate surface area is 124 Å². The Balaban J connectivity index is 1.69. The molecule has 1 amide bonds. The molecule has 3 aromatic rings. The summed E-state index contributed by atoms with van der Waals surface area (Å²) in [5.74, 6) is 0.0772. The molecule has 0 bridgehead atoms. The van der Waals surface area contributed by atoms with Gasteiger partial charge in [-0.25, -0.2) is 0 Å². The molecule has 8 nitrogen and oxygen atoms in total. The lowest BCUT2D eigenvalue weighted by Crippen LogP contribution is -2.23. The summed E-state index contributed by atoms with van der Waals surface area (Å²) in [4.78, 5) is 33.9. The topological polar surface area (TPSA) is 114 Å². The SMILES string of the molecule is O=C(NCc1nc(-c2ccc[nH]c2=O)no1)c1cccnc1. The van der Waals surface area contributed by atoms with Crippen molar-refractivity contribution in [2.45, 2.75) is 6.54 Å². The molecule has 0 radical (unpaired) electrons. The van der Waals surface area contributed by atoms with E-state index in [1.54, 1.807) is 30.5 Å². The normalized spacial score (nSPS) is 10.4. The zero-order valence-corrected chi connectivity index (χ0v) is 11.3. The van der Waals surface area contributed by atoms with Crippen molar-refractivity contribution >= 4 is 5.91 Å². The first-order chi connectivity index (χ1) is 10.7. The van der Waals surface area contributed by atoms with Crippen LogP contribution in [0.2, 0.25) is 0 Å². The lowest BCUT2D eigenvalue weighted by Gasteiger charge is -2.00. The first-order valence-electron chi connectivity index (χ1n) is 6.43. The molecule has 0 aliphatic rings. The van der Waals surface area contributed by atoms with Gasteiger partial charge in [-0.3, -0.25) is 14.6 Å². The van der Waals surface area contributed by atoms with Gasteiger partial charge in [-0.15, -0.1) is 0 Å². The zero-order valence-electron chi connectivity index (χ0n) is 11.3. The summed E-state index contributed by atoms with van der Waals surface area (Å²) in [6.45, 7) is 0.0610. The summed E-state index contributed by atoms with van der Waals surface area (Å²) >= 11 is 0. The van der Waals surface area contributed by atoms with Gasteiger partial charge in [0.05, 0.1) is 17.7 Å². The van der Waals surface area contributed by atoms with Crippen molar-refractivity contribution in [2.24, 2.45) is 0 Å². The van der Waals surface area contributed by atoms with Crippen LogP contribution in [-0.4, -0.2) is 26.0 Å². The molecule has 0 aliphatic carbocycles. The van der Waals surface area contributed by atoms with E-state index in [0.717, 1.165) is 0 Å². The molecule has 8 heteroatoms. The number of pyridine rings is 2. The van der Waals surface area contributed by atoms with Crippen LogP contribution >= 0.6 is 0 Å². The second kappa shape index (κ2) is 6.00. The van der Waals surface area contributed by atoms with Crippen LogP contribution in [0.3, 0.4) is 0 Å². The monoisotopic (exact) mass is 297 g/mol. The maximum Gasteiger partial charge on any atom is 0.259 e.